The van der Waals surface area contributed by atoms with Gasteiger partial charge in [0.1, 0.15) is 6.54 Å². The van der Waals surface area contributed by atoms with Crippen molar-refractivity contribution in [3.8, 4) is 0 Å². The van der Waals surface area contributed by atoms with Crippen LogP contribution in [0.25, 0.3) is 10.9 Å². The fourth-order valence-electron chi connectivity index (χ4n) is 3.20. The molecule has 0 bridgehead atoms. The number of hydrogen-bond donors (Lipinski definition) is 1. The van der Waals surface area contributed by atoms with E-state index < -0.39 is 9.84 Å². The van der Waals surface area contributed by atoms with Gasteiger partial charge in [0.05, 0.1) is 22.0 Å². The van der Waals surface area contributed by atoms with Crippen LogP contribution in [-0.4, -0.2) is 23.9 Å². The second-order valence-electron chi connectivity index (χ2n) is 6.69. The Balaban J connectivity index is 1.64. The SMILES string of the molecule is O=C(Cn1cc(S(=O)(=O)c2ccc(Cl)cc2)c2ccccc21)NCc1ccccn1. The highest BCUT2D eigenvalue weighted by atomic mass is 35.5. The van der Waals surface area contributed by atoms with Crippen LogP contribution >= 0.6 is 11.6 Å². The fourth-order valence-corrected chi connectivity index (χ4v) is 4.80. The molecule has 0 saturated heterocycles. The average molecular weight is 440 g/mol. The first-order valence-corrected chi connectivity index (χ1v) is 11.1. The summed E-state index contributed by atoms with van der Waals surface area (Å²) in [5, 5.41) is 3.83. The number of fused-ring (bicyclic) bond motifs is 1. The summed E-state index contributed by atoms with van der Waals surface area (Å²) in [4.78, 5) is 16.9. The van der Waals surface area contributed by atoms with Crippen LogP contribution in [0.2, 0.25) is 5.02 Å². The summed E-state index contributed by atoms with van der Waals surface area (Å²) in [6.45, 7) is 0.290. The standard InChI is InChI=1S/C22H18ClN3O3S/c23-16-8-10-18(11-9-16)30(28,29)21-14-26(20-7-2-1-6-19(20)21)15-22(27)25-13-17-5-3-4-12-24-17/h1-12,14H,13,15H2,(H,25,27). The van der Waals surface area contributed by atoms with Crippen molar-refractivity contribution < 1.29 is 13.2 Å². The molecule has 0 aliphatic rings. The smallest absolute Gasteiger partial charge is 0.240 e. The Bertz CT molecular complexity index is 1300. The second kappa shape index (κ2) is 8.30. The molecule has 0 aliphatic carbocycles. The summed E-state index contributed by atoms with van der Waals surface area (Å²) >= 11 is 5.89. The van der Waals surface area contributed by atoms with E-state index >= 15 is 0 Å². The molecule has 0 radical (unpaired) electrons. The predicted octanol–water partition coefficient (Wildman–Crippen LogP) is 3.84. The van der Waals surface area contributed by atoms with Gasteiger partial charge in [-0.3, -0.25) is 9.78 Å². The third-order valence-electron chi connectivity index (χ3n) is 4.67. The number of hydrogen-bond acceptors (Lipinski definition) is 4. The Morgan fingerprint density at radius 3 is 2.47 bits per heavy atom. The zero-order chi connectivity index (χ0) is 21.1. The molecule has 30 heavy (non-hydrogen) atoms. The number of aromatic nitrogens is 2. The van der Waals surface area contributed by atoms with Crippen LogP contribution in [0.1, 0.15) is 5.69 Å². The number of nitrogens with zero attached hydrogens (tertiary/aromatic N) is 2. The number of benzene rings is 2. The third-order valence-corrected chi connectivity index (χ3v) is 6.72. The molecule has 1 N–H and O–H groups in total. The normalized spacial score (nSPS) is 11.5. The number of rotatable bonds is 6. The number of amides is 1. The minimum atomic E-state index is -3.77. The van der Waals surface area contributed by atoms with Crippen molar-refractivity contribution in [3.63, 3.8) is 0 Å². The lowest BCUT2D eigenvalue weighted by atomic mass is 10.2. The molecular formula is C22H18ClN3O3S. The van der Waals surface area contributed by atoms with Gasteiger partial charge in [-0.05, 0) is 42.5 Å². The molecule has 4 aromatic rings. The summed E-state index contributed by atoms with van der Waals surface area (Å²) in [5.41, 5.74) is 1.41. The van der Waals surface area contributed by atoms with Crippen LogP contribution in [0.15, 0.2) is 88.9 Å². The first kappa shape index (κ1) is 20.1. The van der Waals surface area contributed by atoms with Crippen molar-refractivity contribution in [1.29, 1.82) is 0 Å². The van der Waals surface area contributed by atoms with Crippen molar-refractivity contribution in [3.05, 3.63) is 89.8 Å². The molecule has 0 aliphatic heterocycles. The maximum atomic E-state index is 13.2. The fraction of sp³-hybridized carbons (Fsp3) is 0.0909. The van der Waals surface area contributed by atoms with E-state index in [1.807, 2.05) is 18.2 Å². The van der Waals surface area contributed by atoms with E-state index in [0.717, 1.165) is 5.69 Å². The van der Waals surface area contributed by atoms with Gasteiger partial charge in [-0.15, -0.1) is 0 Å². The average Bonchev–Trinajstić information content (AvgIpc) is 3.13. The summed E-state index contributed by atoms with van der Waals surface area (Å²) < 4.78 is 28.1. The summed E-state index contributed by atoms with van der Waals surface area (Å²) in [5.74, 6) is -0.239. The van der Waals surface area contributed by atoms with Crippen molar-refractivity contribution in [2.24, 2.45) is 0 Å². The molecule has 152 valence electrons. The van der Waals surface area contributed by atoms with Crippen molar-refractivity contribution >= 4 is 38.2 Å². The van der Waals surface area contributed by atoms with Crippen LogP contribution in [-0.2, 0) is 27.7 Å². The largest absolute Gasteiger partial charge is 0.349 e. The maximum Gasteiger partial charge on any atom is 0.240 e. The van der Waals surface area contributed by atoms with E-state index in [0.29, 0.717) is 22.5 Å². The van der Waals surface area contributed by atoms with Gasteiger partial charge in [-0.25, -0.2) is 8.42 Å². The number of carbonyl (C=O) groups is 1. The molecule has 2 aromatic heterocycles. The Hall–Kier alpha value is -3.16. The zero-order valence-electron chi connectivity index (χ0n) is 15.8. The van der Waals surface area contributed by atoms with Crippen molar-refractivity contribution in [1.82, 2.24) is 14.9 Å². The molecule has 2 heterocycles. The molecule has 1 amide bonds. The van der Waals surface area contributed by atoms with Gasteiger partial charge in [-0.1, -0.05) is 35.9 Å². The Morgan fingerprint density at radius 2 is 1.73 bits per heavy atom. The summed E-state index contributed by atoms with van der Waals surface area (Å²) in [7, 11) is -3.77. The molecule has 6 nitrogen and oxygen atoms in total. The van der Waals surface area contributed by atoms with Gasteiger partial charge in [-0.2, -0.15) is 0 Å². The third kappa shape index (κ3) is 4.08. The number of carbonyl (C=O) groups excluding carboxylic acids is 1. The van der Waals surface area contributed by atoms with Crippen LogP contribution < -0.4 is 5.32 Å². The van der Waals surface area contributed by atoms with Gasteiger partial charge in [0, 0.05) is 28.3 Å². The van der Waals surface area contributed by atoms with Crippen LogP contribution in [0.4, 0.5) is 0 Å². The Kier molecular flexibility index (Phi) is 5.57. The van der Waals surface area contributed by atoms with Crippen LogP contribution in [0.3, 0.4) is 0 Å². The lowest BCUT2D eigenvalue weighted by Gasteiger charge is -2.07. The quantitative estimate of drug-likeness (QED) is 0.495. The Labute approximate surface area is 179 Å². The summed E-state index contributed by atoms with van der Waals surface area (Å²) in [6.07, 6.45) is 3.17. The van der Waals surface area contributed by atoms with E-state index in [4.69, 9.17) is 11.6 Å². The number of halogens is 1. The molecule has 0 spiro atoms. The highest BCUT2D eigenvalue weighted by Crippen LogP contribution is 2.30. The Morgan fingerprint density at radius 1 is 1.00 bits per heavy atom. The minimum absolute atomic E-state index is 0.0104. The zero-order valence-corrected chi connectivity index (χ0v) is 17.4. The van der Waals surface area contributed by atoms with E-state index in [-0.39, 0.29) is 22.2 Å². The molecule has 0 fully saturated rings. The van der Waals surface area contributed by atoms with Gasteiger partial charge >= 0.3 is 0 Å². The molecule has 8 heteroatoms. The van der Waals surface area contributed by atoms with Gasteiger partial charge < -0.3 is 9.88 Å². The van der Waals surface area contributed by atoms with E-state index in [2.05, 4.69) is 10.3 Å². The van der Waals surface area contributed by atoms with Gasteiger partial charge in [0.25, 0.3) is 0 Å². The molecule has 4 rings (SSSR count). The predicted molar refractivity (Wildman–Crippen MR) is 115 cm³/mol. The van der Waals surface area contributed by atoms with Gasteiger partial charge in [0.15, 0.2) is 0 Å². The second-order valence-corrected chi connectivity index (χ2v) is 9.05. The molecule has 0 saturated carbocycles. The topological polar surface area (TPSA) is 81.1 Å². The summed E-state index contributed by atoms with van der Waals surface area (Å²) in [6, 6.07) is 18.6. The minimum Gasteiger partial charge on any atom is -0.349 e. The maximum absolute atomic E-state index is 13.2. The lowest BCUT2D eigenvalue weighted by molar-refractivity contribution is -0.121. The number of para-hydroxylation sites is 1. The van der Waals surface area contributed by atoms with Crippen molar-refractivity contribution in [2.45, 2.75) is 22.9 Å². The first-order valence-electron chi connectivity index (χ1n) is 9.20. The molecule has 2 aromatic carbocycles. The lowest BCUT2D eigenvalue weighted by Crippen LogP contribution is -2.27. The molecular weight excluding hydrogens is 422 g/mol. The number of pyridine rings is 1. The van der Waals surface area contributed by atoms with Gasteiger partial charge in [0.2, 0.25) is 15.7 Å². The van der Waals surface area contributed by atoms with Crippen molar-refractivity contribution in [2.75, 3.05) is 0 Å². The highest BCUT2D eigenvalue weighted by Gasteiger charge is 2.23. The number of sulfone groups is 1. The highest BCUT2D eigenvalue weighted by molar-refractivity contribution is 7.91. The number of nitrogens with one attached hydrogen (secondary N) is 1. The van der Waals surface area contributed by atoms with E-state index in [1.165, 1.54) is 18.3 Å². The first-order chi connectivity index (χ1) is 14.4. The molecule has 0 atom stereocenters. The van der Waals surface area contributed by atoms with E-state index in [1.54, 1.807) is 47.2 Å². The monoisotopic (exact) mass is 439 g/mol. The van der Waals surface area contributed by atoms with Crippen LogP contribution in [0.5, 0.6) is 0 Å². The molecule has 0 unspecified atom stereocenters. The van der Waals surface area contributed by atoms with Crippen LogP contribution in [0, 0.1) is 0 Å². The van der Waals surface area contributed by atoms with E-state index in [9.17, 15) is 13.2 Å².